The molecule has 2 aromatic carbocycles. The number of benzene rings is 2. The van der Waals surface area contributed by atoms with E-state index in [0.717, 1.165) is 5.75 Å². The van der Waals surface area contributed by atoms with E-state index in [1.165, 1.54) is 5.56 Å². The third kappa shape index (κ3) is 4.66. The van der Waals surface area contributed by atoms with Crippen molar-refractivity contribution in [2.45, 2.75) is 26.7 Å². The van der Waals surface area contributed by atoms with Crippen LogP contribution >= 0.6 is 0 Å². The van der Waals surface area contributed by atoms with E-state index in [2.05, 4.69) is 26.0 Å². The van der Waals surface area contributed by atoms with Crippen molar-refractivity contribution >= 4 is 0 Å². The second kappa shape index (κ2) is 8.83. The van der Waals surface area contributed by atoms with Crippen LogP contribution in [0.5, 0.6) is 17.2 Å². The van der Waals surface area contributed by atoms with Crippen molar-refractivity contribution < 1.29 is 14.2 Å². The first-order valence-electron chi connectivity index (χ1n) is 8.17. The fourth-order valence-corrected chi connectivity index (χ4v) is 2.36. The maximum atomic E-state index is 8.97. The van der Waals surface area contributed by atoms with Crippen molar-refractivity contribution in [3.05, 3.63) is 53.6 Å². The van der Waals surface area contributed by atoms with Crippen LogP contribution in [0, 0.1) is 11.3 Å². The highest BCUT2D eigenvalue weighted by Gasteiger charge is 2.08. The molecule has 0 atom stereocenters. The van der Waals surface area contributed by atoms with Gasteiger partial charge >= 0.3 is 0 Å². The topological polar surface area (TPSA) is 51.5 Å². The van der Waals surface area contributed by atoms with Crippen LogP contribution in [0.4, 0.5) is 0 Å². The minimum atomic E-state index is 0.401. The van der Waals surface area contributed by atoms with Crippen molar-refractivity contribution in [1.29, 1.82) is 5.26 Å². The highest BCUT2D eigenvalue weighted by molar-refractivity contribution is 5.46. The highest BCUT2D eigenvalue weighted by Crippen LogP contribution is 2.29. The summed E-state index contributed by atoms with van der Waals surface area (Å²) in [4.78, 5) is 0. The number of rotatable bonds is 8. The zero-order valence-corrected chi connectivity index (χ0v) is 14.4. The third-order valence-corrected chi connectivity index (χ3v) is 3.51. The Labute approximate surface area is 143 Å². The van der Waals surface area contributed by atoms with Crippen molar-refractivity contribution in [1.82, 2.24) is 0 Å². The molecule has 0 aliphatic heterocycles. The molecule has 0 aromatic heterocycles. The summed E-state index contributed by atoms with van der Waals surface area (Å²) < 4.78 is 17.1. The van der Waals surface area contributed by atoms with Crippen LogP contribution < -0.4 is 14.2 Å². The van der Waals surface area contributed by atoms with Gasteiger partial charge < -0.3 is 14.2 Å². The quantitative estimate of drug-likeness (QED) is 0.669. The van der Waals surface area contributed by atoms with Gasteiger partial charge in [-0.25, -0.2) is 0 Å². The number of nitrogens with zero attached hydrogens (tertiary/aromatic N) is 1. The van der Waals surface area contributed by atoms with Crippen LogP contribution in [-0.4, -0.2) is 19.8 Å². The second-order valence-electron chi connectivity index (χ2n) is 5.60. The Morgan fingerprint density at radius 2 is 1.62 bits per heavy atom. The molecular formula is C20H23NO3. The SMILES string of the molecule is CCOc1cc(C#N)ccc1OCCOc1ccccc1C(C)C. The molecular weight excluding hydrogens is 302 g/mol. The van der Waals surface area contributed by atoms with E-state index >= 15 is 0 Å². The van der Waals surface area contributed by atoms with Crippen molar-refractivity contribution in [3.63, 3.8) is 0 Å². The molecule has 0 heterocycles. The lowest BCUT2D eigenvalue weighted by molar-refractivity contribution is 0.207. The van der Waals surface area contributed by atoms with E-state index in [-0.39, 0.29) is 0 Å². The van der Waals surface area contributed by atoms with E-state index in [9.17, 15) is 0 Å². The summed E-state index contributed by atoms with van der Waals surface area (Å²) in [5.74, 6) is 2.50. The molecule has 0 unspecified atom stereocenters. The van der Waals surface area contributed by atoms with Gasteiger partial charge in [0.05, 0.1) is 18.2 Å². The minimum Gasteiger partial charge on any atom is -0.490 e. The Balaban J connectivity index is 1.94. The maximum absolute atomic E-state index is 8.97. The molecule has 0 saturated carbocycles. The molecule has 0 amide bonds. The number of nitriles is 1. The zero-order chi connectivity index (χ0) is 17.4. The van der Waals surface area contributed by atoms with Crippen LogP contribution in [0.2, 0.25) is 0 Å². The maximum Gasteiger partial charge on any atom is 0.162 e. The van der Waals surface area contributed by atoms with Gasteiger partial charge in [0.25, 0.3) is 0 Å². The van der Waals surface area contributed by atoms with Crippen LogP contribution in [0.1, 0.15) is 37.8 Å². The smallest absolute Gasteiger partial charge is 0.162 e. The Morgan fingerprint density at radius 1 is 0.917 bits per heavy atom. The average molecular weight is 325 g/mol. The van der Waals surface area contributed by atoms with Gasteiger partial charge in [-0.2, -0.15) is 5.26 Å². The largest absolute Gasteiger partial charge is 0.490 e. The minimum absolute atomic E-state index is 0.401. The molecule has 2 rings (SSSR count). The van der Waals surface area contributed by atoms with Gasteiger partial charge in [0.2, 0.25) is 0 Å². The molecule has 0 bridgehead atoms. The first-order chi connectivity index (χ1) is 11.7. The normalized spacial score (nSPS) is 10.3. The average Bonchev–Trinajstić information content (AvgIpc) is 2.60. The molecule has 4 heteroatoms. The number of hydrogen-bond donors (Lipinski definition) is 0. The van der Waals surface area contributed by atoms with Crippen molar-refractivity contribution in [2.24, 2.45) is 0 Å². The predicted octanol–water partition coefficient (Wildman–Crippen LogP) is 4.54. The summed E-state index contributed by atoms with van der Waals surface area (Å²) in [6.07, 6.45) is 0. The van der Waals surface area contributed by atoms with Gasteiger partial charge in [0.1, 0.15) is 19.0 Å². The third-order valence-electron chi connectivity index (χ3n) is 3.51. The van der Waals surface area contributed by atoms with Crippen molar-refractivity contribution in [2.75, 3.05) is 19.8 Å². The summed E-state index contributed by atoms with van der Waals surface area (Å²) in [5.41, 5.74) is 1.73. The molecule has 0 spiro atoms. The summed E-state index contributed by atoms with van der Waals surface area (Å²) in [5, 5.41) is 8.97. The lowest BCUT2D eigenvalue weighted by atomic mass is 10.0. The molecule has 0 radical (unpaired) electrons. The summed E-state index contributed by atoms with van der Waals surface area (Å²) in [6.45, 7) is 7.54. The molecule has 0 aliphatic rings. The molecule has 24 heavy (non-hydrogen) atoms. The Hall–Kier alpha value is -2.67. The molecule has 126 valence electrons. The molecule has 0 aliphatic carbocycles. The van der Waals surface area contributed by atoms with Gasteiger partial charge in [0, 0.05) is 6.07 Å². The molecule has 0 N–H and O–H groups in total. The number of hydrogen-bond acceptors (Lipinski definition) is 4. The molecule has 2 aromatic rings. The van der Waals surface area contributed by atoms with E-state index < -0.39 is 0 Å². The van der Waals surface area contributed by atoms with Gasteiger partial charge in [-0.3, -0.25) is 0 Å². The lowest BCUT2D eigenvalue weighted by Gasteiger charge is -2.15. The zero-order valence-electron chi connectivity index (χ0n) is 14.4. The second-order valence-corrected chi connectivity index (χ2v) is 5.60. The monoisotopic (exact) mass is 325 g/mol. The van der Waals surface area contributed by atoms with Gasteiger partial charge in [0.15, 0.2) is 11.5 Å². The van der Waals surface area contributed by atoms with E-state index in [4.69, 9.17) is 19.5 Å². The number of para-hydroxylation sites is 1. The van der Waals surface area contributed by atoms with Crippen LogP contribution in [0.3, 0.4) is 0 Å². The van der Waals surface area contributed by atoms with E-state index in [0.29, 0.717) is 42.8 Å². The van der Waals surface area contributed by atoms with Gasteiger partial charge in [-0.15, -0.1) is 0 Å². The summed E-state index contributed by atoms with van der Waals surface area (Å²) >= 11 is 0. The molecule has 0 saturated heterocycles. The van der Waals surface area contributed by atoms with Gasteiger partial charge in [-0.05, 0) is 36.6 Å². The van der Waals surface area contributed by atoms with Crippen LogP contribution in [0.25, 0.3) is 0 Å². The van der Waals surface area contributed by atoms with Crippen molar-refractivity contribution in [3.8, 4) is 23.3 Å². The Kier molecular flexibility index (Phi) is 6.51. The Morgan fingerprint density at radius 3 is 2.29 bits per heavy atom. The fraction of sp³-hybridized carbons (Fsp3) is 0.350. The van der Waals surface area contributed by atoms with Crippen LogP contribution in [-0.2, 0) is 0 Å². The van der Waals surface area contributed by atoms with Crippen LogP contribution in [0.15, 0.2) is 42.5 Å². The van der Waals surface area contributed by atoms with Gasteiger partial charge in [-0.1, -0.05) is 32.0 Å². The Bertz CT molecular complexity index is 704. The standard InChI is InChI=1S/C20H23NO3/c1-4-22-20-13-16(14-21)9-10-19(20)24-12-11-23-18-8-6-5-7-17(18)15(2)3/h5-10,13,15H,4,11-12H2,1-3H3. The first-order valence-corrected chi connectivity index (χ1v) is 8.17. The van der Waals surface area contributed by atoms with E-state index in [1.807, 2.05) is 25.1 Å². The highest BCUT2D eigenvalue weighted by atomic mass is 16.5. The van der Waals surface area contributed by atoms with E-state index in [1.54, 1.807) is 18.2 Å². The summed E-state index contributed by atoms with van der Waals surface area (Å²) in [7, 11) is 0. The fourth-order valence-electron chi connectivity index (χ4n) is 2.36. The lowest BCUT2D eigenvalue weighted by Crippen LogP contribution is -2.11. The predicted molar refractivity (Wildman–Crippen MR) is 93.8 cm³/mol. The summed E-state index contributed by atoms with van der Waals surface area (Å²) in [6, 6.07) is 15.3. The number of ether oxygens (including phenoxy) is 3. The molecule has 4 nitrogen and oxygen atoms in total. The first kappa shape index (κ1) is 17.7. The molecule has 0 fully saturated rings.